The molecule has 0 aromatic carbocycles. The molecule has 0 aliphatic rings. The number of pyridine rings is 1. The van der Waals surface area contributed by atoms with Crippen LogP contribution in [0.15, 0.2) is 35.6 Å². The Morgan fingerprint density at radius 3 is 2.76 bits per heavy atom. The van der Waals surface area contributed by atoms with Crippen LogP contribution in [0, 0.1) is 5.92 Å². The summed E-state index contributed by atoms with van der Waals surface area (Å²) in [5.74, 6) is 1.34. The zero-order valence-electron chi connectivity index (χ0n) is 15.8. The van der Waals surface area contributed by atoms with Gasteiger partial charge in [0.25, 0.3) is 0 Å². The number of ether oxygens (including phenoxy) is 1. The Morgan fingerprint density at radius 2 is 2.08 bits per heavy atom. The van der Waals surface area contributed by atoms with Crippen LogP contribution in [0.25, 0.3) is 5.65 Å². The van der Waals surface area contributed by atoms with Crippen LogP contribution < -0.4 is 10.6 Å². The lowest BCUT2D eigenvalue weighted by molar-refractivity contribution is 0.0258. The summed E-state index contributed by atoms with van der Waals surface area (Å²) in [6.07, 6.45) is 6.20. The summed E-state index contributed by atoms with van der Waals surface area (Å²) in [5.41, 5.74) is 2.06. The highest BCUT2D eigenvalue weighted by Crippen LogP contribution is 2.09. The lowest BCUT2D eigenvalue weighted by Gasteiger charge is -2.21. The van der Waals surface area contributed by atoms with E-state index in [1.165, 1.54) is 0 Å². The summed E-state index contributed by atoms with van der Waals surface area (Å²) >= 11 is 0. The van der Waals surface area contributed by atoms with E-state index in [0.717, 1.165) is 49.8 Å². The highest BCUT2D eigenvalue weighted by molar-refractivity contribution is 5.79. The summed E-state index contributed by atoms with van der Waals surface area (Å²) in [4.78, 5) is 8.88. The van der Waals surface area contributed by atoms with Gasteiger partial charge in [0.2, 0.25) is 0 Å². The van der Waals surface area contributed by atoms with E-state index in [1.807, 2.05) is 35.7 Å². The van der Waals surface area contributed by atoms with Crippen molar-refractivity contribution in [2.75, 3.05) is 26.7 Å². The third-order valence-corrected chi connectivity index (χ3v) is 4.16. The van der Waals surface area contributed by atoms with Gasteiger partial charge in [-0.1, -0.05) is 19.9 Å². The van der Waals surface area contributed by atoms with Crippen LogP contribution in [0.2, 0.25) is 0 Å². The van der Waals surface area contributed by atoms with Gasteiger partial charge in [0.1, 0.15) is 5.65 Å². The van der Waals surface area contributed by atoms with Crippen LogP contribution in [-0.2, 0) is 11.2 Å². The standard InChI is InChI=1S/C19H31N5O/c1-5-25-17(15(2)3)10-12-22-19(20-4)21-11-9-16-14-24-13-7-6-8-18(24)23-16/h6-8,13-15,17H,5,9-12H2,1-4H3,(H2,20,21,22). The van der Waals surface area contributed by atoms with Crippen molar-refractivity contribution in [1.82, 2.24) is 20.0 Å². The van der Waals surface area contributed by atoms with Crippen LogP contribution >= 0.6 is 0 Å². The SMILES string of the molecule is CCOC(CCNC(=NC)NCCc1cn2ccccc2n1)C(C)C. The predicted octanol–water partition coefficient (Wildman–Crippen LogP) is 2.49. The summed E-state index contributed by atoms with van der Waals surface area (Å²) < 4.78 is 7.82. The molecule has 138 valence electrons. The molecule has 2 N–H and O–H groups in total. The summed E-state index contributed by atoms with van der Waals surface area (Å²) in [6.45, 7) is 8.83. The first kappa shape index (κ1) is 19.2. The Morgan fingerprint density at radius 1 is 1.28 bits per heavy atom. The van der Waals surface area contributed by atoms with Crippen molar-refractivity contribution in [3.05, 3.63) is 36.3 Å². The molecule has 0 aliphatic carbocycles. The number of nitrogens with zero attached hydrogens (tertiary/aromatic N) is 3. The molecule has 0 aliphatic heterocycles. The minimum atomic E-state index is 0.286. The zero-order valence-corrected chi connectivity index (χ0v) is 15.8. The molecule has 1 atom stereocenters. The van der Waals surface area contributed by atoms with E-state index in [4.69, 9.17) is 4.74 Å². The smallest absolute Gasteiger partial charge is 0.190 e. The Balaban J connectivity index is 1.72. The number of fused-ring (bicyclic) bond motifs is 1. The number of nitrogens with one attached hydrogen (secondary N) is 2. The molecule has 2 aromatic heterocycles. The van der Waals surface area contributed by atoms with Crippen molar-refractivity contribution in [2.24, 2.45) is 10.9 Å². The van der Waals surface area contributed by atoms with E-state index in [1.54, 1.807) is 7.05 Å². The third-order valence-electron chi connectivity index (χ3n) is 4.16. The summed E-state index contributed by atoms with van der Waals surface area (Å²) in [5, 5.41) is 6.71. The van der Waals surface area contributed by atoms with E-state index in [0.29, 0.717) is 5.92 Å². The van der Waals surface area contributed by atoms with Crippen LogP contribution in [0.5, 0.6) is 0 Å². The van der Waals surface area contributed by atoms with Crippen molar-refractivity contribution < 1.29 is 4.74 Å². The molecule has 6 heteroatoms. The maximum absolute atomic E-state index is 5.78. The first-order valence-electron chi connectivity index (χ1n) is 9.12. The molecule has 1 unspecified atom stereocenters. The number of hydrogen-bond acceptors (Lipinski definition) is 3. The number of hydrogen-bond donors (Lipinski definition) is 2. The van der Waals surface area contributed by atoms with E-state index >= 15 is 0 Å². The van der Waals surface area contributed by atoms with Crippen LogP contribution in [0.1, 0.15) is 32.9 Å². The molecule has 0 spiro atoms. The molecule has 2 aromatic rings. The molecule has 0 saturated heterocycles. The van der Waals surface area contributed by atoms with Gasteiger partial charge < -0.3 is 19.8 Å². The fourth-order valence-electron chi connectivity index (χ4n) is 2.79. The molecule has 0 saturated carbocycles. The van der Waals surface area contributed by atoms with Gasteiger partial charge in [-0.05, 0) is 31.4 Å². The van der Waals surface area contributed by atoms with Gasteiger partial charge in [-0.25, -0.2) is 4.98 Å². The van der Waals surface area contributed by atoms with Crippen molar-refractivity contribution >= 4 is 11.6 Å². The quantitative estimate of drug-likeness (QED) is 0.541. The highest BCUT2D eigenvalue weighted by atomic mass is 16.5. The molecule has 0 fully saturated rings. The predicted molar refractivity (Wildman–Crippen MR) is 103 cm³/mol. The van der Waals surface area contributed by atoms with Crippen LogP contribution in [0.4, 0.5) is 0 Å². The normalized spacial score (nSPS) is 13.4. The van der Waals surface area contributed by atoms with Gasteiger partial charge in [-0.3, -0.25) is 4.99 Å². The molecule has 6 nitrogen and oxygen atoms in total. The minimum absolute atomic E-state index is 0.286. The maximum Gasteiger partial charge on any atom is 0.190 e. The molecular weight excluding hydrogens is 314 g/mol. The first-order valence-corrected chi connectivity index (χ1v) is 9.12. The second-order valence-corrected chi connectivity index (χ2v) is 6.40. The molecule has 0 radical (unpaired) electrons. The maximum atomic E-state index is 5.78. The molecule has 25 heavy (non-hydrogen) atoms. The van der Waals surface area contributed by atoms with E-state index in [-0.39, 0.29) is 6.10 Å². The largest absolute Gasteiger partial charge is 0.378 e. The number of aliphatic imine (C=N–C) groups is 1. The summed E-state index contributed by atoms with van der Waals surface area (Å²) in [6, 6.07) is 6.03. The number of guanidine groups is 1. The second kappa shape index (κ2) is 10.0. The van der Waals surface area contributed by atoms with Gasteiger partial charge in [0, 0.05) is 45.6 Å². The Bertz CT molecular complexity index is 632. The number of imidazole rings is 1. The van der Waals surface area contributed by atoms with E-state index in [2.05, 4.69) is 40.7 Å². The monoisotopic (exact) mass is 345 g/mol. The van der Waals surface area contributed by atoms with Gasteiger partial charge in [0.15, 0.2) is 5.96 Å². The number of rotatable bonds is 9. The van der Waals surface area contributed by atoms with Gasteiger partial charge >= 0.3 is 0 Å². The topological polar surface area (TPSA) is 63.0 Å². The Hall–Kier alpha value is -2.08. The lowest BCUT2D eigenvalue weighted by atomic mass is 10.0. The average molecular weight is 345 g/mol. The van der Waals surface area contributed by atoms with Crippen molar-refractivity contribution in [3.8, 4) is 0 Å². The van der Waals surface area contributed by atoms with Crippen molar-refractivity contribution in [2.45, 2.75) is 39.7 Å². The summed E-state index contributed by atoms with van der Waals surface area (Å²) in [7, 11) is 1.79. The van der Waals surface area contributed by atoms with Crippen molar-refractivity contribution in [3.63, 3.8) is 0 Å². The molecular formula is C19H31N5O. The first-order chi connectivity index (χ1) is 12.1. The fraction of sp³-hybridized carbons (Fsp3) is 0.579. The molecule has 0 amide bonds. The van der Waals surface area contributed by atoms with Crippen LogP contribution in [-0.4, -0.2) is 48.2 Å². The van der Waals surface area contributed by atoms with Gasteiger partial charge in [-0.2, -0.15) is 0 Å². The zero-order chi connectivity index (χ0) is 18.1. The molecule has 2 rings (SSSR count). The van der Waals surface area contributed by atoms with Crippen molar-refractivity contribution in [1.29, 1.82) is 0 Å². The van der Waals surface area contributed by atoms with Crippen LogP contribution in [0.3, 0.4) is 0 Å². The Labute approximate surface area is 150 Å². The highest BCUT2D eigenvalue weighted by Gasteiger charge is 2.12. The molecule has 2 heterocycles. The lowest BCUT2D eigenvalue weighted by Crippen LogP contribution is -2.40. The average Bonchev–Trinajstić information content (AvgIpc) is 3.02. The Kier molecular flexibility index (Phi) is 7.73. The number of aromatic nitrogens is 2. The minimum Gasteiger partial charge on any atom is -0.378 e. The van der Waals surface area contributed by atoms with E-state index < -0.39 is 0 Å². The van der Waals surface area contributed by atoms with Gasteiger partial charge in [0.05, 0.1) is 11.8 Å². The van der Waals surface area contributed by atoms with E-state index in [9.17, 15) is 0 Å². The second-order valence-electron chi connectivity index (χ2n) is 6.40. The fourth-order valence-corrected chi connectivity index (χ4v) is 2.79. The third kappa shape index (κ3) is 6.05. The van der Waals surface area contributed by atoms with Gasteiger partial charge in [-0.15, -0.1) is 0 Å². The molecule has 0 bridgehead atoms.